The maximum atomic E-state index is 4.48. The van der Waals surface area contributed by atoms with Gasteiger partial charge in [0.2, 0.25) is 0 Å². The average molecular weight is 229 g/mol. The minimum absolute atomic E-state index is 0.612. The van der Waals surface area contributed by atoms with Crippen LogP contribution >= 0.6 is 0 Å². The van der Waals surface area contributed by atoms with Crippen molar-refractivity contribution in [2.75, 3.05) is 6.54 Å². The summed E-state index contributed by atoms with van der Waals surface area (Å²) in [5.41, 5.74) is 3.72. The van der Waals surface area contributed by atoms with E-state index in [1.165, 1.54) is 30.3 Å². The van der Waals surface area contributed by atoms with Crippen LogP contribution in [0, 0.1) is 6.92 Å². The number of benzene rings is 1. The maximum absolute atomic E-state index is 4.48. The predicted molar refractivity (Wildman–Crippen MR) is 70.1 cm³/mol. The van der Waals surface area contributed by atoms with Gasteiger partial charge in [-0.25, -0.2) is 4.98 Å². The standard InChI is InChI=1S/C14H19N3/c1-11-5-4-7-13-14(11)17(10-16-13)9-12-6-2-3-8-15-12/h4-5,7,10,12,15H,2-3,6,8-9H2,1H3. The molecule has 3 nitrogen and oxygen atoms in total. The van der Waals surface area contributed by atoms with Crippen LogP contribution < -0.4 is 5.32 Å². The SMILES string of the molecule is Cc1cccc2ncn(CC3CCCCN3)c12. The first-order chi connectivity index (χ1) is 8.34. The average Bonchev–Trinajstić information content (AvgIpc) is 2.75. The minimum Gasteiger partial charge on any atom is -0.329 e. The van der Waals surface area contributed by atoms with Gasteiger partial charge in [0.1, 0.15) is 0 Å². The van der Waals surface area contributed by atoms with Crippen LogP contribution in [0.4, 0.5) is 0 Å². The zero-order chi connectivity index (χ0) is 11.7. The number of aryl methyl sites for hydroxylation is 1. The van der Waals surface area contributed by atoms with Crippen molar-refractivity contribution < 1.29 is 0 Å². The van der Waals surface area contributed by atoms with E-state index in [9.17, 15) is 0 Å². The summed E-state index contributed by atoms with van der Waals surface area (Å²) in [6.07, 6.45) is 5.93. The minimum atomic E-state index is 0.612. The molecule has 0 aliphatic carbocycles. The Bertz CT molecular complexity index is 509. The highest BCUT2D eigenvalue weighted by atomic mass is 15.1. The van der Waals surface area contributed by atoms with Crippen LogP contribution in [0.2, 0.25) is 0 Å². The lowest BCUT2D eigenvalue weighted by Crippen LogP contribution is -2.37. The van der Waals surface area contributed by atoms with E-state index in [-0.39, 0.29) is 0 Å². The van der Waals surface area contributed by atoms with E-state index in [0.717, 1.165) is 18.6 Å². The van der Waals surface area contributed by atoms with Crippen molar-refractivity contribution in [2.24, 2.45) is 0 Å². The second-order valence-corrected chi connectivity index (χ2v) is 4.99. The molecule has 17 heavy (non-hydrogen) atoms. The Morgan fingerprint density at radius 2 is 2.35 bits per heavy atom. The highest BCUT2D eigenvalue weighted by Gasteiger charge is 2.14. The first kappa shape index (κ1) is 10.8. The van der Waals surface area contributed by atoms with Crippen molar-refractivity contribution in [3.05, 3.63) is 30.1 Å². The lowest BCUT2D eigenvalue weighted by atomic mass is 10.0. The summed E-state index contributed by atoms with van der Waals surface area (Å²) < 4.78 is 2.30. The number of imidazole rings is 1. The lowest BCUT2D eigenvalue weighted by Gasteiger charge is -2.24. The summed E-state index contributed by atoms with van der Waals surface area (Å²) in [6, 6.07) is 6.94. The summed E-state index contributed by atoms with van der Waals surface area (Å²) in [4.78, 5) is 4.48. The van der Waals surface area contributed by atoms with Gasteiger partial charge in [-0.2, -0.15) is 0 Å². The lowest BCUT2D eigenvalue weighted by molar-refractivity contribution is 0.366. The number of hydrogen-bond acceptors (Lipinski definition) is 2. The molecule has 2 heterocycles. The Labute approximate surface area is 102 Å². The second-order valence-electron chi connectivity index (χ2n) is 4.99. The van der Waals surface area contributed by atoms with Gasteiger partial charge in [-0.05, 0) is 37.9 Å². The van der Waals surface area contributed by atoms with Crippen molar-refractivity contribution in [2.45, 2.75) is 38.8 Å². The van der Waals surface area contributed by atoms with E-state index in [4.69, 9.17) is 0 Å². The van der Waals surface area contributed by atoms with Crippen molar-refractivity contribution in [3.63, 3.8) is 0 Å². The Morgan fingerprint density at radius 1 is 1.41 bits per heavy atom. The van der Waals surface area contributed by atoms with Crippen LogP contribution in [0.15, 0.2) is 24.5 Å². The van der Waals surface area contributed by atoms with Crippen LogP contribution in [-0.2, 0) is 6.54 Å². The second kappa shape index (κ2) is 4.49. The molecule has 90 valence electrons. The molecule has 1 atom stereocenters. The molecule has 0 amide bonds. The van der Waals surface area contributed by atoms with Gasteiger partial charge in [-0.1, -0.05) is 18.6 Å². The number of nitrogens with zero attached hydrogens (tertiary/aromatic N) is 2. The fourth-order valence-electron chi connectivity index (χ4n) is 2.77. The molecule has 0 saturated carbocycles. The highest BCUT2D eigenvalue weighted by Crippen LogP contribution is 2.18. The fourth-order valence-corrected chi connectivity index (χ4v) is 2.77. The molecule has 0 spiro atoms. The van der Waals surface area contributed by atoms with Gasteiger partial charge < -0.3 is 9.88 Å². The van der Waals surface area contributed by atoms with Crippen molar-refractivity contribution in [3.8, 4) is 0 Å². The first-order valence-electron chi connectivity index (χ1n) is 6.48. The molecule has 1 unspecified atom stereocenters. The molecular formula is C14H19N3. The zero-order valence-electron chi connectivity index (χ0n) is 10.3. The largest absolute Gasteiger partial charge is 0.329 e. The van der Waals surface area contributed by atoms with E-state index in [1.54, 1.807) is 0 Å². The molecule has 1 N–H and O–H groups in total. The monoisotopic (exact) mass is 229 g/mol. The number of nitrogens with one attached hydrogen (secondary N) is 1. The topological polar surface area (TPSA) is 29.9 Å². The van der Waals surface area contributed by atoms with Crippen molar-refractivity contribution >= 4 is 11.0 Å². The predicted octanol–water partition coefficient (Wildman–Crippen LogP) is 2.49. The van der Waals surface area contributed by atoms with Crippen LogP contribution in [0.1, 0.15) is 24.8 Å². The summed E-state index contributed by atoms with van der Waals surface area (Å²) in [5.74, 6) is 0. The van der Waals surface area contributed by atoms with E-state index in [2.05, 4.69) is 40.0 Å². The Balaban J connectivity index is 1.89. The number of aromatic nitrogens is 2. The number of piperidine rings is 1. The number of rotatable bonds is 2. The molecule has 3 rings (SSSR count). The van der Waals surface area contributed by atoms with Gasteiger partial charge in [0.15, 0.2) is 0 Å². The third kappa shape index (κ3) is 2.07. The molecule has 1 aliphatic heterocycles. The molecule has 2 aromatic rings. The zero-order valence-corrected chi connectivity index (χ0v) is 10.3. The molecule has 1 aromatic heterocycles. The summed E-state index contributed by atoms with van der Waals surface area (Å²) in [6.45, 7) is 4.37. The molecule has 1 fully saturated rings. The third-order valence-electron chi connectivity index (χ3n) is 3.67. The van der Waals surface area contributed by atoms with Gasteiger partial charge in [-0.15, -0.1) is 0 Å². The Hall–Kier alpha value is -1.35. The molecule has 1 aliphatic rings. The van der Waals surface area contributed by atoms with E-state index < -0.39 is 0 Å². The van der Waals surface area contributed by atoms with Gasteiger partial charge in [0, 0.05) is 12.6 Å². The molecule has 1 saturated heterocycles. The third-order valence-corrected chi connectivity index (χ3v) is 3.67. The van der Waals surface area contributed by atoms with Crippen molar-refractivity contribution in [1.82, 2.24) is 14.9 Å². The highest BCUT2D eigenvalue weighted by molar-refractivity contribution is 5.78. The summed E-state index contributed by atoms with van der Waals surface area (Å²) in [5, 5.41) is 3.59. The number of fused-ring (bicyclic) bond motifs is 1. The van der Waals surface area contributed by atoms with Crippen LogP contribution in [0.5, 0.6) is 0 Å². The van der Waals surface area contributed by atoms with Crippen LogP contribution in [0.3, 0.4) is 0 Å². The quantitative estimate of drug-likeness (QED) is 0.857. The molecule has 3 heteroatoms. The summed E-state index contributed by atoms with van der Waals surface area (Å²) in [7, 11) is 0. The number of para-hydroxylation sites is 1. The van der Waals surface area contributed by atoms with Crippen LogP contribution in [-0.4, -0.2) is 22.1 Å². The van der Waals surface area contributed by atoms with Gasteiger partial charge >= 0.3 is 0 Å². The maximum Gasteiger partial charge on any atom is 0.0958 e. The van der Waals surface area contributed by atoms with E-state index in [1.807, 2.05) is 6.33 Å². The molecule has 1 aromatic carbocycles. The number of hydrogen-bond donors (Lipinski definition) is 1. The smallest absolute Gasteiger partial charge is 0.0958 e. The van der Waals surface area contributed by atoms with E-state index >= 15 is 0 Å². The first-order valence-corrected chi connectivity index (χ1v) is 6.48. The molecular weight excluding hydrogens is 210 g/mol. The van der Waals surface area contributed by atoms with Gasteiger partial charge in [0.25, 0.3) is 0 Å². The Kier molecular flexibility index (Phi) is 2.85. The molecule has 0 radical (unpaired) electrons. The van der Waals surface area contributed by atoms with Crippen LogP contribution in [0.25, 0.3) is 11.0 Å². The molecule has 0 bridgehead atoms. The van der Waals surface area contributed by atoms with Gasteiger partial charge in [0.05, 0.1) is 17.4 Å². The summed E-state index contributed by atoms with van der Waals surface area (Å²) >= 11 is 0. The van der Waals surface area contributed by atoms with E-state index in [0.29, 0.717) is 6.04 Å². The fraction of sp³-hybridized carbons (Fsp3) is 0.500. The normalized spacial score (nSPS) is 20.9. The van der Waals surface area contributed by atoms with Crippen molar-refractivity contribution in [1.29, 1.82) is 0 Å². The van der Waals surface area contributed by atoms with Gasteiger partial charge in [-0.3, -0.25) is 0 Å². The Morgan fingerprint density at radius 3 is 3.18 bits per heavy atom.